The Morgan fingerprint density at radius 1 is 0.460 bits per heavy atom. The van der Waals surface area contributed by atoms with Crippen molar-refractivity contribution < 1.29 is 0 Å². The molecular weight excluding hydrogens is 625 g/mol. The molecule has 0 spiro atoms. The second-order valence-electron chi connectivity index (χ2n) is 14.4. The summed E-state index contributed by atoms with van der Waals surface area (Å²) in [5.74, 6) is 0. The van der Waals surface area contributed by atoms with Crippen molar-refractivity contribution in [1.82, 2.24) is 0 Å². The Morgan fingerprint density at radius 2 is 0.880 bits per heavy atom. The average Bonchev–Trinajstić information content (AvgIpc) is 3.13. The van der Waals surface area contributed by atoms with Crippen LogP contribution < -0.4 is 9.80 Å². The Hall–Kier alpha value is -5.25. The van der Waals surface area contributed by atoms with Crippen LogP contribution in [0, 0.1) is 0 Å². The van der Waals surface area contributed by atoms with E-state index in [4.69, 9.17) is 0 Å². The van der Waals surface area contributed by atoms with Crippen molar-refractivity contribution in [3.63, 3.8) is 0 Å². The normalized spacial score (nSPS) is 12.0. The van der Waals surface area contributed by atoms with Crippen LogP contribution in [0.3, 0.4) is 0 Å². The number of benzene rings is 8. The van der Waals surface area contributed by atoms with Crippen LogP contribution in [0.5, 0.6) is 0 Å². The van der Waals surface area contributed by atoms with Gasteiger partial charge >= 0.3 is 0 Å². The first-order chi connectivity index (χ1) is 24.3. The predicted octanol–water partition coefficient (Wildman–Crippen LogP) is 14.3. The summed E-state index contributed by atoms with van der Waals surface area (Å²) in [6.07, 6.45) is 0. The van der Waals surface area contributed by atoms with Crippen molar-refractivity contribution in [2.24, 2.45) is 0 Å². The van der Waals surface area contributed by atoms with E-state index in [2.05, 4.69) is 202 Å². The molecule has 0 radical (unpaired) electrons. The highest BCUT2D eigenvalue weighted by Gasteiger charge is 2.25. The lowest BCUT2D eigenvalue weighted by Crippen LogP contribution is -2.14. The van der Waals surface area contributed by atoms with Gasteiger partial charge in [0.05, 0.1) is 11.4 Å². The minimum atomic E-state index is 0.0440. The van der Waals surface area contributed by atoms with E-state index in [1.807, 2.05) is 11.8 Å². The van der Waals surface area contributed by atoms with Gasteiger partial charge in [0.1, 0.15) is 0 Å². The van der Waals surface area contributed by atoms with Crippen molar-refractivity contribution in [2.45, 2.75) is 50.2 Å². The van der Waals surface area contributed by atoms with Gasteiger partial charge in [0.2, 0.25) is 0 Å². The summed E-state index contributed by atoms with van der Waals surface area (Å²) < 4.78 is 0. The Kier molecular flexibility index (Phi) is 8.25. The SMILES string of the molecule is CC(C)Sc1ccc(N(c2ccccc2)c2cc(N(c3ccccc3)c3ccccc3)c3ccc4cc(C(C)(C)C)cc5ccc2c3c45)cc1. The quantitative estimate of drug-likeness (QED) is 0.118. The second kappa shape index (κ2) is 12.9. The van der Waals surface area contributed by atoms with Crippen LogP contribution in [0.15, 0.2) is 163 Å². The summed E-state index contributed by atoms with van der Waals surface area (Å²) in [4.78, 5) is 6.14. The minimum Gasteiger partial charge on any atom is -0.310 e. The molecule has 3 heteroatoms. The fraction of sp³-hybridized carbons (Fsp3) is 0.149. The minimum absolute atomic E-state index is 0.0440. The molecule has 246 valence electrons. The molecule has 0 unspecified atom stereocenters. The van der Waals surface area contributed by atoms with Crippen LogP contribution in [0.25, 0.3) is 32.3 Å². The van der Waals surface area contributed by atoms with Gasteiger partial charge in [-0.15, -0.1) is 11.8 Å². The second-order valence-corrected chi connectivity index (χ2v) is 16.1. The van der Waals surface area contributed by atoms with E-state index in [1.165, 1.54) is 42.8 Å². The third-order valence-electron chi connectivity index (χ3n) is 9.53. The van der Waals surface area contributed by atoms with Gasteiger partial charge in [-0.1, -0.05) is 126 Å². The number of anilines is 6. The molecule has 0 amide bonds. The van der Waals surface area contributed by atoms with Crippen LogP contribution in [-0.4, -0.2) is 5.25 Å². The lowest BCUT2D eigenvalue weighted by molar-refractivity contribution is 0.591. The monoisotopic (exact) mass is 666 g/mol. The molecule has 0 aromatic heterocycles. The summed E-state index contributed by atoms with van der Waals surface area (Å²) in [5.41, 5.74) is 8.19. The van der Waals surface area contributed by atoms with Gasteiger partial charge in [0, 0.05) is 49.1 Å². The van der Waals surface area contributed by atoms with Crippen molar-refractivity contribution in [1.29, 1.82) is 0 Å². The molecule has 0 heterocycles. The van der Waals surface area contributed by atoms with E-state index in [0.29, 0.717) is 5.25 Å². The number of nitrogens with zero attached hydrogens (tertiary/aromatic N) is 2. The molecule has 0 saturated heterocycles. The predicted molar refractivity (Wildman–Crippen MR) is 219 cm³/mol. The van der Waals surface area contributed by atoms with Gasteiger partial charge in [0.25, 0.3) is 0 Å². The first-order valence-corrected chi connectivity index (χ1v) is 18.4. The number of rotatable bonds is 8. The summed E-state index contributed by atoms with van der Waals surface area (Å²) >= 11 is 1.90. The molecule has 8 rings (SSSR count). The summed E-state index contributed by atoms with van der Waals surface area (Å²) in [5, 5.41) is 8.14. The molecule has 0 saturated carbocycles. The maximum Gasteiger partial charge on any atom is 0.0561 e. The molecule has 0 bridgehead atoms. The zero-order valence-corrected chi connectivity index (χ0v) is 30.2. The molecule has 8 aromatic carbocycles. The number of para-hydroxylation sites is 3. The number of thioether (sulfide) groups is 1. The molecule has 0 atom stereocenters. The molecule has 0 N–H and O–H groups in total. The smallest absolute Gasteiger partial charge is 0.0561 e. The van der Waals surface area contributed by atoms with E-state index >= 15 is 0 Å². The van der Waals surface area contributed by atoms with Gasteiger partial charge in [-0.25, -0.2) is 0 Å². The third-order valence-corrected chi connectivity index (χ3v) is 10.5. The molecule has 2 nitrogen and oxygen atoms in total. The first-order valence-electron chi connectivity index (χ1n) is 17.5. The Bertz CT molecular complexity index is 2340. The fourth-order valence-electron chi connectivity index (χ4n) is 7.21. The van der Waals surface area contributed by atoms with Crippen LogP contribution in [0.1, 0.15) is 40.2 Å². The van der Waals surface area contributed by atoms with Gasteiger partial charge in [-0.2, -0.15) is 0 Å². The first kappa shape index (κ1) is 32.0. The molecule has 0 fully saturated rings. The van der Waals surface area contributed by atoms with Gasteiger partial charge in [-0.05, 0) is 93.9 Å². The zero-order chi connectivity index (χ0) is 34.4. The summed E-state index contributed by atoms with van der Waals surface area (Å²) in [7, 11) is 0. The van der Waals surface area contributed by atoms with Crippen molar-refractivity contribution in [3.05, 3.63) is 163 Å². The number of hydrogen-bond acceptors (Lipinski definition) is 3. The molecular formula is C47H42N2S. The lowest BCUT2D eigenvalue weighted by atomic mass is 9.83. The fourth-order valence-corrected chi connectivity index (χ4v) is 8.05. The van der Waals surface area contributed by atoms with E-state index < -0.39 is 0 Å². The highest BCUT2D eigenvalue weighted by molar-refractivity contribution is 7.99. The van der Waals surface area contributed by atoms with Crippen molar-refractivity contribution >= 4 is 78.2 Å². The third kappa shape index (κ3) is 5.86. The number of hydrogen-bond donors (Lipinski definition) is 0. The summed E-state index contributed by atoms with van der Waals surface area (Å²) in [6.45, 7) is 11.4. The van der Waals surface area contributed by atoms with E-state index in [9.17, 15) is 0 Å². The maximum atomic E-state index is 2.44. The van der Waals surface area contributed by atoms with Crippen LogP contribution >= 0.6 is 11.8 Å². The van der Waals surface area contributed by atoms with Crippen LogP contribution in [0.4, 0.5) is 34.1 Å². The molecule has 50 heavy (non-hydrogen) atoms. The van der Waals surface area contributed by atoms with Gasteiger partial charge in [0.15, 0.2) is 0 Å². The zero-order valence-electron chi connectivity index (χ0n) is 29.4. The van der Waals surface area contributed by atoms with Gasteiger partial charge in [-0.3, -0.25) is 0 Å². The highest BCUT2D eigenvalue weighted by Crippen LogP contribution is 2.50. The molecule has 8 aromatic rings. The van der Waals surface area contributed by atoms with Crippen LogP contribution in [0.2, 0.25) is 0 Å². The molecule has 0 aliphatic carbocycles. The molecule has 0 aliphatic heterocycles. The highest BCUT2D eigenvalue weighted by atomic mass is 32.2. The van der Waals surface area contributed by atoms with E-state index in [0.717, 1.165) is 34.1 Å². The van der Waals surface area contributed by atoms with E-state index in [-0.39, 0.29) is 5.41 Å². The topological polar surface area (TPSA) is 6.48 Å². The van der Waals surface area contributed by atoms with Crippen molar-refractivity contribution in [2.75, 3.05) is 9.80 Å². The van der Waals surface area contributed by atoms with Gasteiger partial charge < -0.3 is 9.80 Å². The largest absolute Gasteiger partial charge is 0.310 e. The summed E-state index contributed by atoms with van der Waals surface area (Å²) in [6, 6.07) is 58.0. The Labute approximate surface area is 300 Å². The van der Waals surface area contributed by atoms with E-state index in [1.54, 1.807) is 0 Å². The Balaban J connectivity index is 1.49. The lowest BCUT2D eigenvalue weighted by Gasteiger charge is -2.32. The van der Waals surface area contributed by atoms with Crippen molar-refractivity contribution in [3.8, 4) is 0 Å². The van der Waals surface area contributed by atoms with Crippen LogP contribution in [-0.2, 0) is 5.41 Å². The molecule has 0 aliphatic rings. The standard InChI is InChI=1S/C47H42N2S/c1-32(2)50-40-25-23-39(24-26-40)49(38-19-13-8-14-20-38)44-31-43(48(36-15-9-6-10-16-36)37-17-11-7-12-18-37)41-27-21-33-29-35(47(3,4)5)30-34-22-28-42(44)46(41)45(33)34/h6-32H,1-5H3. The average molecular weight is 667 g/mol. The maximum absolute atomic E-state index is 2.44. The Morgan fingerprint density at radius 3 is 1.28 bits per heavy atom.